The Balaban J connectivity index is 2.13. The van der Waals surface area contributed by atoms with Crippen LogP contribution in [0.5, 0.6) is 0 Å². The molecule has 3 nitrogen and oxygen atoms in total. The molecule has 1 heterocycles. The summed E-state index contributed by atoms with van der Waals surface area (Å²) in [6.45, 7) is 1.97. The first kappa shape index (κ1) is 13.2. The number of hydrogen-bond donors (Lipinski definition) is 1. The summed E-state index contributed by atoms with van der Waals surface area (Å²) in [5, 5.41) is 3.40. The van der Waals surface area contributed by atoms with Crippen LogP contribution in [0.25, 0.3) is 0 Å². The number of carbonyl (C=O) groups excluding carboxylic acids is 1. The smallest absolute Gasteiger partial charge is 0.166 e. The van der Waals surface area contributed by atoms with Crippen LogP contribution in [0.3, 0.4) is 0 Å². The van der Waals surface area contributed by atoms with E-state index in [0.717, 1.165) is 24.0 Å². The van der Waals surface area contributed by atoms with E-state index in [0.29, 0.717) is 6.42 Å². The quantitative estimate of drug-likeness (QED) is 0.831. The van der Waals surface area contributed by atoms with Crippen molar-refractivity contribution in [1.82, 2.24) is 10.3 Å². The Hall–Kier alpha value is -1.22. The number of nitrogens with zero attached hydrogens (tertiary/aromatic N) is 1. The third kappa shape index (κ3) is 2.78. The zero-order valence-corrected chi connectivity index (χ0v) is 11.3. The van der Waals surface area contributed by atoms with Gasteiger partial charge in [0, 0.05) is 29.9 Å². The molecule has 1 aromatic heterocycles. The van der Waals surface area contributed by atoms with Gasteiger partial charge in [0.15, 0.2) is 5.78 Å². The SMILES string of the molecule is CNC1(CC(=O)c2cnccc2C)CCCCC1. The van der Waals surface area contributed by atoms with Crippen molar-refractivity contribution in [3.63, 3.8) is 0 Å². The third-order valence-electron chi connectivity index (χ3n) is 4.18. The van der Waals surface area contributed by atoms with Crippen LogP contribution >= 0.6 is 0 Å². The second-order valence-corrected chi connectivity index (χ2v) is 5.38. The van der Waals surface area contributed by atoms with Gasteiger partial charge in [0.05, 0.1) is 0 Å². The average molecular weight is 246 g/mol. The average Bonchev–Trinajstić information content (AvgIpc) is 2.40. The minimum Gasteiger partial charge on any atom is -0.314 e. The number of carbonyl (C=O) groups is 1. The van der Waals surface area contributed by atoms with E-state index in [4.69, 9.17) is 0 Å². The topological polar surface area (TPSA) is 42.0 Å². The first-order valence-electron chi connectivity index (χ1n) is 6.80. The Bertz CT molecular complexity index is 422. The second-order valence-electron chi connectivity index (χ2n) is 5.38. The van der Waals surface area contributed by atoms with E-state index in [-0.39, 0.29) is 11.3 Å². The molecule has 3 heteroatoms. The van der Waals surface area contributed by atoms with Crippen molar-refractivity contribution in [3.05, 3.63) is 29.6 Å². The highest BCUT2D eigenvalue weighted by Crippen LogP contribution is 2.32. The van der Waals surface area contributed by atoms with Crippen molar-refractivity contribution < 1.29 is 4.79 Å². The molecule has 0 amide bonds. The summed E-state index contributed by atoms with van der Waals surface area (Å²) in [7, 11) is 1.98. The van der Waals surface area contributed by atoms with E-state index >= 15 is 0 Å². The molecule has 1 aromatic rings. The van der Waals surface area contributed by atoms with Crippen LogP contribution in [-0.2, 0) is 0 Å². The second kappa shape index (κ2) is 5.61. The van der Waals surface area contributed by atoms with Gasteiger partial charge in [-0.25, -0.2) is 0 Å². The normalized spacial score (nSPS) is 18.6. The number of aryl methyl sites for hydroxylation is 1. The molecule has 2 rings (SSSR count). The minimum absolute atomic E-state index is 0.0115. The molecule has 18 heavy (non-hydrogen) atoms. The highest BCUT2D eigenvalue weighted by molar-refractivity contribution is 5.97. The van der Waals surface area contributed by atoms with Crippen molar-refractivity contribution in [3.8, 4) is 0 Å². The third-order valence-corrected chi connectivity index (χ3v) is 4.18. The number of nitrogens with one attached hydrogen (secondary N) is 1. The highest BCUT2D eigenvalue weighted by atomic mass is 16.1. The Labute approximate surface area is 109 Å². The van der Waals surface area contributed by atoms with Crippen molar-refractivity contribution in [2.24, 2.45) is 0 Å². The molecule has 1 fully saturated rings. The number of rotatable bonds is 4. The van der Waals surface area contributed by atoms with Crippen LogP contribution in [0.1, 0.15) is 54.4 Å². The monoisotopic (exact) mass is 246 g/mol. The van der Waals surface area contributed by atoms with Crippen molar-refractivity contribution in [2.75, 3.05) is 7.05 Å². The first-order chi connectivity index (χ1) is 8.67. The van der Waals surface area contributed by atoms with Gasteiger partial charge in [0.2, 0.25) is 0 Å². The van der Waals surface area contributed by atoms with E-state index in [1.807, 2.05) is 20.0 Å². The summed E-state index contributed by atoms with van der Waals surface area (Å²) in [6.07, 6.45) is 9.98. The van der Waals surface area contributed by atoms with Gasteiger partial charge in [-0.2, -0.15) is 0 Å². The van der Waals surface area contributed by atoms with Gasteiger partial charge in [-0.1, -0.05) is 19.3 Å². The fourth-order valence-corrected chi connectivity index (χ4v) is 2.90. The predicted octanol–water partition coefficient (Wildman–Crippen LogP) is 2.89. The first-order valence-corrected chi connectivity index (χ1v) is 6.80. The zero-order valence-electron chi connectivity index (χ0n) is 11.3. The lowest BCUT2D eigenvalue weighted by Gasteiger charge is -2.36. The van der Waals surface area contributed by atoms with Crippen LogP contribution in [0.2, 0.25) is 0 Å². The molecular formula is C15H22N2O. The maximum atomic E-state index is 12.4. The molecule has 0 aliphatic heterocycles. The van der Waals surface area contributed by atoms with Gasteiger partial charge >= 0.3 is 0 Å². The van der Waals surface area contributed by atoms with Gasteiger partial charge in [-0.15, -0.1) is 0 Å². The van der Waals surface area contributed by atoms with Crippen LogP contribution in [0, 0.1) is 6.92 Å². The maximum Gasteiger partial charge on any atom is 0.166 e. The lowest BCUT2D eigenvalue weighted by Crippen LogP contribution is -2.46. The summed E-state index contributed by atoms with van der Waals surface area (Å²) >= 11 is 0. The molecule has 0 aromatic carbocycles. The predicted molar refractivity (Wildman–Crippen MR) is 72.8 cm³/mol. The lowest BCUT2D eigenvalue weighted by atomic mass is 9.77. The van der Waals surface area contributed by atoms with E-state index in [1.165, 1.54) is 19.3 Å². The van der Waals surface area contributed by atoms with Crippen molar-refractivity contribution in [1.29, 1.82) is 0 Å². The molecule has 1 aliphatic rings. The number of ketones is 1. The maximum absolute atomic E-state index is 12.4. The Morgan fingerprint density at radius 3 is 2.72 bits per heavy atom. The van der Waals surface area contributed by atoms with E-state index < -0.39 is 0 Å². The minimum atomic E-state index is 0.0115. The molecule has 1 aliphatic carbocycles. The molecule has 0 unspecified atom stereocenters. The summed E-state index contributed by atoms with van der Waals surface area (Å²) in [6, 6.07) is 1.90. The summed E-state index contributed by atoms with van der Waals surface area (Å²) in [5.41, 5.74) is 1.81. The number of aromatic nitrogens is 1. The Morgan fingerprint density at radius 2 is 2.11 bits per heavy atom. The fraction of sp³-hybridized carbons (Fsp3) is 0.600. The van der Waals surface area contributed by atoms with Crippen LogP contribution in [0.4, 0.5) is 0 Å². The number of hydrogen-bond acceptors (Lipinski definition) is 3. The lowest BCUT2D eigenvalue weighted by molar-refractivity contribution is 0.0914. The van der Waals surface area contributed by atoms with Crippen molar-refractivity contribution in [2.45, 2.75) is 51.0 Å². The van der Waals surface area contributed by atoms with E-state index in [2.05, 4.69) is 10.3 Å². The Morgan fingerprint density at radius 1 is 1.39 bits per heavy atom. The molecule has 0 radical (unpaired) electrons. The molecular weight excluding hydrogens is 224 g/mol. The molecule has 0 saturated heterocycles. The van der Waals surface area contributed by atoms with Gasteiger partial charge in [0.1, 0.15) is 0 Å². The molecule has 1 N–H and O–H groups in total. The summed E-state index contributed by atoms with van der Waals surface area (Å²) in [5.74, 6) is 0.219. The van der Waals surface area contributed by atoms with Crippen LogP contribution < -0.4 is 5.32 Å². The molecule has 0 bridgehead atoms. The van der Waals surface area contributed by atoms with Crippen LogP contribution in [-0.4, -0.2) is 23.4 Å². The summed E-state index contributed by atoms with van der Waals surface area (Å²) < 4.78 is 0. The zero-order chi connectivity index (χ0) is 13.0. The number of pyridine rings is 1. The van der Waals surface area contributed by atoms with E-state index in [1.54, 1.807) is 12.4 Å². The molecule has 0 atom stereocenters. The molecule has 0 spiro atoms. The van der Waals surface area contributed by atoms with Crippen LogP contribution in [0.15, 0.2) is 18.5 Å². The van der Waals surface area contributed by atoms with E-state index in [9.17, 15) is 4.79 Å². The molecule has 98 valence electrons. The standard InChI is InChI=1S/C15H22N2O/c1-12-6-9-17-11-13(12)14(18)10-15(16-2)7-4-3-5-8-15/h6,9,11,16H,3-5,7-8,10H2,1-2H3. The van der Waals surface area contributed by atoms with Gasteiger partial charge in [-0.3, -0.25) is 9.78 Å². The Kier molecular flexibility index (Phi) is 4.12. The van der Waals surface area contributed by atoms with Gasteiger partial charge in [0.25, 0.3) is 0 Å². The fourth-order valence-electron chi connectivity index (χ4n) is 2.90. The van der Waals surface area contributed by atoms with Gasteiger partial charge in [-0.05, 0) is 38.4 Å². The summed E-state index contributed by atoms with van der Waals surface area (Å²) in [4.78, 5) is 16.5. The van der Waals surface area contributed by atoms with Gasteiger partial charge < -0.3 is 5.32 Å². The van der Waals surface area contributed by atoms with Crippen molar-refractivity contribution >= 4 is 5.78 Å². The largest absolute Gasteiger partial charge is 0.314 e. The molecule has 1 saturated carbocycles. The highest BCUT2D eigenvalue weighted by Gasteiger charge is 2.33. The number of Topliss-reactive ketones (excluding diaryl/α,β-unsaturated/α-hetero) is 1.